The summed E-state index contributed by atoms with van der Waals surface area (Å²) in [6.07, 6.45) is 2.49. The van der Waals surface area contributed by atoms with Gasteiger partial charge in [0.1, 0.15) is 5.82 Å². The van der Waals surface area contributed by atoms with Gasteiger partial charge in [-0.05, 0) is 56.0 Å². The molecule has 1 aromatic rings. The van der Waals surface area contributed by atoms with E-state index >= 15 is 0 Å². The van der Waals surface area contributed by atoms with Crippen LogP contribution in [0.1, 0.15) is 24.3 Å². The quantitative estimate of drug-likeness (QED) is 0.778. The van der Waals surface area contributed by atoms with Crippen LogP contribution in [0.4, 0.5) is 4.39 Å². The minimum absolute atomic E-state index is 0.139. The number of benzene rings is 1. The number of hydrogen-bond donors (Lipinski definition) is 1. The van der Waals surface area contributed by atoms with Gasteiger partial charge >= 0.3 is 0 Å². The third-order valence-electron chi connectivity index (χ3n) is 3.07. The largest absolute Gasteiger partial charge is 0.319 e. The van der Waals surface area contributed by atoms with Crippen LogP contribution in [0.3, 0.4) is 0 Å². The van der Waals surface area contributed by atoms with Crippen LogP contribution in [-0.2, 0) is 0 Å². The van der Waals surface area contributed by atoms with Gasteiger partial charge in [0.25, 0.3) is 0 Å². The van der Waals surface area contributed by atoms with E-state index in [1.807, 2.05) is 19.2 Å². The molecule has 2 heteroatoms. The Kier molecular flexibility index (Phi) is 2.82. The first-order chi connectivity index (χ1) is 6.79. The summed E-state index contributed by atoms with van der Waals surface area (Å²) in [6.45, 7) is 1.11. The molecule has 2 rings (SSSR count). The van der Waals surface area contributed by atoms with Gasteiger partial charge in [-0.15, -0.1) is 0 Å². The third-order valence-corrected chi connectivity index (χ3v) is 3.07. The molecule has 0 amide bonds. The SMILES string of the molecule is CNCC1CC(c2ccc(F)cc2)C1. The Morgan fingerprint density at radius 3 is 2.50 bits per heavy atom. The normalized spacial score (nSPS) is 25.9. The Bertz CT molecular complexity index is 288. The molecule has 1 aromatic carbocycles. The molecule has 0 radical (unpaired) electrons. The second-order valence-electron chi connectivity index (χ2n) is 4.14. The van der Waals surface area contributed by atoms with Crippen molar-refractivity contribution in [2.75, 3.05) is 13.6 Å². The molecule has 0 aromatic heterocycles. The van der Waals surface area contributed by atoms with E-state index in [0.29, 0.717) is 5.92 Å². The second-order valence-corrected chi connectivity index (χ2v) is 4.14. The zero-order chi connectivity index (χ0) is 9.97. The predicted octanol–water partition coefficient (Wildman–Crippen LogP) is 2.54. The minimum Gasteiger partial charge on any atom is -0.319 e. The van der Waals surface area contributed by atoms with Crippen molar-refractivity contribution >= 4 is 0 Å². The van der Waals surface area contributed by atoms with Crippen molar-refractivity contribution in [2.24, 2.45) is 5.92 Å². The van der Waals surface area contributed by atoms with E-state index in [4.69, 9.17) is 0 Å². The van der Waals surface area contributed by atoms with Crippen molar-refractivity contribution in [1.29, 1.82) is 0 Å². The number of halogens is 1. The van der Waals surface area contributed by atoms with Gasteiger partial charge in [0, 0.05) is 0 Å². The molecule has 0 aliphatic heterocycles. The smallest absolute Gasteiger partial charge is 0.123 e. The molecule has 1 aliphatic rings. The lowest BCUT2D eigenvalue weighted by Gasteiger charge is -2.35. The van der Waals surface area contributed by atoms with Gasteiger partial charge in [-0.1, -0.05) is 12.1 Å². The van der Waals surface area contributed by atoms with E-state index in [1.54, 1.807) is 12.1 Å². The first kappa shape index (κ1) is 9.66. The van der Waals surface area contributed by atoms with E-state index in [2.05, 4.69) is 5.32 Å². The van der Waals surface area contributed by atoms with Crippen LogP contribution in [0.2, 0.25) is 0 Å². The lowest BCUT2D eigenvalue weighted by Crippen LogP contribution is -2.30. The molecule has 14 heavy (non-hydrogen) atoms. The molecule has 76 valence electrons. The van der Waals surface area contributed by atoms with Crippen LogP contribution in [0.15, 0.2) is 24.3 Å². The Morgan fingerprint density at radius 2 is 1.93 bits per heavy atom. The minimum atomic E-state index is -0.139. The molecule has 0 spiro atoms. The van der Waals surface area contributed by atoms with Crippen LogP contribution in [0, 0.1) is 11.7 Å². The number of nitrogens with one attached hydrogen (secondary N) is 1. The van der Waals surface area contributed by atoms with Gasteiger partial charge in [-0.3, -0.25) is 0 Å². The van der Waals surface area contributed by atoms with E-state index in [1.165, 1.54) is 18.4 Å². The van der Waals surface area contributed by atoms with Crippen LogP contribution < -0.4 is 5.32 Å². The molecule has 1 N–H and O–H groups in total. The Balaban J connectivity index is 1.90. The molecular weight excluding hydrogens is 177 g/mol. The van der Waals surface area contributed by atoms with Gasteiger partial charge in [0.15, 0.2) is 0 Å². The summed E-state index contributed by atoms with van der Waals surface area (Å²) in [5.41, 5.74) is 1.29. The Labute approximate surface area is 84.3 Å². The van der Waals surface area contributed by atoms with Crippen molar-refractivity contribution in [2.45, 2.75) is 18.8 Å². The summed E-state index contributed by atoms with van der Waals surface area (Å²) in [5, 5.41) is 3.19. The maximum Gasteiger partial charge on any atom is 0.123 e. The highest BCUT2D eigenvalue weighted by Gasteiger charge is 2.29. The lowest BCUT2D eigenvalue weighted by atomic mass is 9.71. The highest BCUT2D eigenvalue weighted by atomic mass is 19.1. The summed E-state index contributed by atoms with van der Waals surface area (Å²) in [4.78, 5) is 0. The molecule has 0 unspecified atom stereocenters. The fourth-order valence-corrected chi connectivity index (χ4v) is 2.20. The number of rotatable bonds is 3. The van der Waals surface area contributed by atoms with Gasteiger partial charge in [0.2, 0.25) is 0 Å². The van der Waals surface area contributed by atoms with Gasteiger partial charge in [0.05, 0.1) is 0 Å². The first-order valence-electron chi connectivity index (χ1n) is 5.19. The van der Waals surface area contributed by atoms with Crippen molar-refractivity contribution < 1.29 is 4.39 Å². The van der Waals surface area contributed by atoms with Crippen molar-refractivity contribution in [3.05, 3.63) is 35.6 Å². The molecule has 0 atom stereocenters. The molecule has 1 saturated carbocycles. The fourth-order valence-electron chi connectivity index (χ4n) is 2.20. The molecule has 0 saturated heterocycles. The average Bonchev–Trinajstić information content (AvgIpc) is 2.13. The summed E-state index contributed by atoms with van der Waals surface area (Å²) < 4.78 is 12.7. The summed E-state index contributed by atoms with van der Waals surface area (Å²) in [7, 11) is 1.99. The monoisotopic (exact) mass is 193 g/mol. The summed E-state index contributed by atoms with van der Waals surface area (Å²) in [5.74, 6) is 1.34. The van der Waals surface area contributed by atoms with Crippen molar-refractivity contribution in [3.8, 4) is 0 Å². The Hall–Kier alpha value is -0.890. The molecular formula is C12H16FN. The standard InChI is InChI=1S/C12H16FN/c1-14-8-9-6-11(7-9)10-2-4-12(13)5-3-10/h2-5,9,11,14H,6-8H2,1H3. The summed E-state index contributed by atoms with van der Waals surface area (Å²) >= 11 is 0. The summed E-state index contributed by atoms with van der Waals surface area (Å²) in [6, 6.07) is 6.94. The number of hydrogen-bond acceptors (Lipinski definition) is 1. The molecule has 0 heterocycles. The lowest BCUT2D eigenvalue weighted by molar-refractivity contribution is 0.259. The van der Waals surface area contributed by atoms with Crippen LogP contribution >= 0.6 is 0 Å². The van der Waals surface area contributed by atoms with Crippen molar-refractivity contribution in [3.63, 3.8) is 0 Å². The van der Waals surface area contributed by atoms with Crippen LogP contribution in [-0.4, -0.2) is 13.6 Å². The van der Waals surface area contributed by atoms with Gasteiger partial charge in [-0.25, -0.2) is 4.39 Å². The molecule has 1 aliphatic carbocycles. The van der Waals surface area contributed by atoms with Gasteiger partial charge in [-0.2, -0.15) is 0 Å². The van der Waals surface area contributed by atoms with E-state index in [-0.39, 0.29) is 5.82 Å². The third kappa shape index (κ3) is 1.95. The second kappa shape index (κ2) is 4.09. The molecule has 1 fully saturated rings. The van der Waals surface area contributed by atoms with Crippen LogP contribution in [0.25, 0.3) is 0 Å². The highest BCUT2D eigenvalue weighted by molar-refractivity contribution is 5.22. The maximum atomic E-state index is 12.7. The average molecular weight is 193 g/mol. The zero-order valence-corrected chi connectivity index (χ0v) is 8.46. The van der Waals surface area contributed by atoms with Gasteiger partial charge < -0.3 is 5.32 Å². The van der Waals surface area contributed by atoms with E-state index in [9.17, 15) is 4.39 Å². The predicted molar refractivity (Wildman–Crippen MR) is 55.8 cm³/mol. The topological polar surface area (TPSA) is 12.0 Å². The fraction of sp³-hybridized carbons (Fsp3) is 0.500. The zero-order valence-electron chi connectivity index (χ0n) is 8.46. The maximum absolute atomic E-state index is 12.7. The molecule has 0 bridgehead atoms. The highest BCUT2D eigenvalue weighted by Crippen LogP contribution is 2.40. The molecule has 1 nitrogen and oxygen atoms in total. The van der Waals surface area contributed by atoms with Crippen LogP contribution in [0.5, 0.6) is 0 Å². The van der Waals surface area contributed by atoms with E-state index < -0.39 is 0 Å². The van der Waals surface area contributed by atoms with Crippen molar-refractivity contribution in [1.82, 2.24) is 5.32 Å². The Morgan fingerprint density at radius 1 is 1.29 bits per heavy atom. The van der Waals surface area contributed by atoms with E-state index in [0.717, 1.165) is 12.5 Å². The first-order valence-corrected chi connectivity index (χ1v) is 5.19.